The van der Waals surface area contributed by atoms with Crippen LogP contribution in [0.1, 0.15) is 32.7 Å². The van der Waals surface area contributed by atoms with Gasteiger partial charge in [0.25, 0.3) is 11.8 Å². The van der Waals surface area contributed by atoms with Gasteiger partial charge in [-0.3, -0.25) is 14.4 Å². The average molecular weight is 527 g/mol. The minimum absolute atomic E-state index is 0.0817. The highest BCUT2D eigenvalue weighted by Crippen LogP contribution is 2.29. The quantitative estimate of drug-likeness (QED) is 0.427. The van der Waals surface area contributed by atoms with Gasteiger partial charge in [-0.15, -0.1) is 0 Å². The number of amides is 3. The van der Waals surface area contributed by atoms with E-state index in [9.17, 15) is 36.0 Å². The predicted molar refractivity (Wildman–Crippen MR) is 124 cm³/mol. The molecule has 0 bridgehead atoms. The highest BCUT2D eigenvalue weighted by Gasteiger charge is 2.31. The maximum atomic E-state index is 12.9. The zero-order valence-electron chi connectivity index (χ0n) is 19.2. The van der Waals surface area contributed by atoms with Crippen LogP contribution >= 0.6 is 0 Å². The number of rotatable bonds is 7. The molecule has 2 unspecified atom stereocenters. The molecule has 1 aliphatic heterocycles. The maximum absolute atomic E-state index is 12.9. The molecule has 4 N–H and O–H groups in total. The van der Waals surface area contributed by atoms with Crippen LogP contribution in [0.25, 0.3) is 0 Å². The summed E-state index contributed by atoms with van der Waals surface area (Å²) in [4.78, 5) is 37.3. The van der Waals surface area contributed by atoms with Crippen LogP contribution in [0.5, 0.6) is 0 Å². The molecule has 194 valence electrons. The molecule has 36 heavy (non-hydrogen) atoms. The summed E-state index contributed by atoms with van der Waals surface area (Å²) in [6.07, 6.45) is -3.04. The van der Waals surface area contributed by atoms with Crippen molar-refractivity contribution in [1.29, 1.82) is 0 Å². The normalized spacial score (nSPS) is 18.2. The second kappa shape index (κ2) is 11.1. The lowest BCUT2D eigenvalue weighted by Crippen LogP contribution is -2.60. The fraction of sp³-hybridized carbons (Fsp3) is 0.348. The van der Waals surface area contributed by atoms with Crippen LogP contribution in [0.3, 0.4) is 0 Å². The van der Waals surface area contributed by atoms with Crippen LogP contribution in [0.4, 0.5) is 13.2 Å². The molecule has 2 atom stereocenters. The minimum atomic E-state index is -4.60. The minimum Gasteiger partial charge on any atom is -0.348 e. The lowest BCUT2D eigenvalue weighted by atomic mass is 10.00. The summed E-state index contributed by atoms with van der Waals surface area (Å²) < 4.78 is 61.7. The van der Waals surface area contributed by atoms with Crippen LogP contribution in [0.2, 0.25) is 0 Å². The number of carbonyl (C=O) groups is 3. The largest absolute Gasteiger partial charge is 0.416 e. The molecule has 0 radical (unpaired) electrons. The Morgan fingerprint density at radius 3 is 2.31 bits per heavy atom. The predicted octanol–water partition coefficient (Wildman–Crippen LogP) is 1.12. The standard InChI is InChI=1S/C23H25F3N4O5S/c1-36(34,35)17-7-5-14(6-8-17)22(33)30-18-9-10-27-12-19(18)29-20(31)13-28-21(32)15-3-2-4-16(11-15)23(24,25)26/h2-8,11,18-19,27H,9-10,12-13H2,1H3,(H,28,32)(H,29,31)(H,30,33). The third-order valence-electron chi connectivity index (χ3n) is 5.55. The molecule has 0 aliphatic carbocycles. The Morgan fingerprint density at radius 2 is 1.67 bits per heavy atom. The van der Waals surface area contributed by atoms with Crippen molar-refractivity contribution in [2.75, 3.05) is 25.9 Å². The first-order valence-corrected chi connectivity index (χ1v) is 12.8. The number of alkyl halides is 3. The van der Waals surface area contributed by atoms with Gasteiger partial charge in [0.1, 0.15) is 0 Å². The van der Waals surface area contributed by atoms with E-state index in [0.717, 1.165) is 18.4 Å². The van der Waals surface area contributed by atoms with E-state index < -0.39 is 57.9 Å². The van der Waals surface area contributed by atoms with Gasteiger partial charge < -0.3 is 21.3 Å². The van der Waals surface area contributed by atoms with Crippen LogP contribution in [-0.2, 0) is 20.8 Å². The Hall–Kier alpha value is -3.45. The third-order valence-corrected chi connectivity index (χ3v) is 6.68. The molecule has 0 spiro atoms. The zero-order valence-corrected chi connectivity index (χ0v) is 20.0. The van der Waals surface area contributed by atoms with E-state index in [0.29, 0.717) is 25.6 Å². The number of hydrogen-bond acceptors (Lipinski definition) is 6. The van der Waals surface area contributed by atoms with Gasteiger partial charge in [-0.2, -0.15) is 13.2 Å². The van der Waals surface area contributed by atoms with Gasteiger partial charge in [-0.1, -0.05) is 6.07 Å². The first kappa shape index (κ1) is 27.1. The molecule has 1 aliphatic rings. The summed E-state index contributed by atoms with van der Waals surface area (Å²) in [5, 5.41) is 10.9. The summed E-state index contributed by atoms with van der Waals surface area (Å²) in [7, 11) is -3.40. The van der Waals surface area contributed by atoms with E-state index in [1.807, 2.05) is 0 Å². The molecule has 2 aromatic rings. The van der Waals surface area contributed by atoms with E-state index in [1.54, 1.807) is 0 Å². The van der Waals surface area contributed by atoms with Crippen LogP contribution in [0, 0.1) is 0 Å². The van der Waals surface area contributed by atoms with E-state index in [1.165, 1.54) is 30.3 Å². The number of nitrogens with one attached hydrogen (secondary N) is 4. The SMILES string of the molecule is CS(=O)(=O)c1ccc(C(=O)NC2CCNCC2NC(=O)CNC(=O)c2cccc(C(F)(F)F)c2)cc1. The molecule has 9 nitrogen and oxygen atoms in total. The smallest absolute Gasteiger partial charge is 0.348 e. The fourth-order valence-corrected chi connectivity index (χ4v) is 4.28. The summed E-state index contributed by atoms with van der Waals surface area (Å²) in [6, 6.07) is 8.34. The topological polar surface area (TPSA) is 133 Å². The Bertz CT molecular complexity index is 1230. The number of carbonyl (C=O) groups excluding carboxylic acids is 3. The Labute approximate surface area is 205 Å². The van der Waals surface area contributed by atoms with Crippen LogP contribution < -0.4 is 21.3 Å². The van der Waals surface area contributed by atoms with Crippen molar-refractivity contribution in [3.63, 3.8) is 0 Å². The van der Waals surface area contributed by atoms with Crippen molar-refractivity contribution in [3.05, 3.63) is 65.2 Å². The van der Waals surface area contributed by atoms with Crippen molar-refractivity contribution < 1.29 is 36.0 Å². The second-order valence-electron chi connectivity index (χ2n) is 8.30. The summed E-state index contributed by atoms with van der Waals surface area (Å²) in [6.45, 7) is 0.446. The van der Waals surface area contributed by atoms with Crippen molar-refractivity contribution in [2.45, 2.75) is 29.6 Å². The number of benzene rings is 2. The molecule has 2 aromatic carbocycles. The average Bonchev–Trinajstić information content (AvgIpc) is 2.83. The molecule has 3 amide bonds. The molecule has 13 heteroatoms. The van der Waals surface area contributed by atoms with Gasteiger partial charge >= 0.3 is 6.18 Å². The monoisotopic (exact) mass is 526 g/mol. The van der Waals surface area contributed by atoms with Crippen molar-refractivity contribution in [2.24, 2.45) is 0 Å². The molecule has 1 heterocycles. The van der Waals surface area contributed by atoms with Gasteiger partial charge in [0, 0.05) is 23.9 Å². The molecule has 0 saturated carbocycles. The molecular formula is C23H25F3N4O5S. The highest BCUT2D eigenvalue weighted by atomic mass is 32.2. The van der Waals surface area contributed by atoms with E-state index in [2.05, 4.69) is 21.3 Å². The Kier molecular flexibility index (Phi) is 8.35. The van der Waals surface area contributed by atoms with Gasteiger partial charge in [-0.25, -0.2) is 8.42 Å². The van der Waals surface area contributed by atoms with Crippen LogP contribution in [-0.4, -0.2) is 64.1 Å². The van der Waals surface area contributed by atoms with Gasteiger partial charge in [0.15, 0.2) is 9.84 Å². The molecule has 3 rings (SSSR count). The first-order valence-electron chi connectivity index (χ1n) is 10.9. The summed E-state index contributed by atoms with van der Waals surface area (Å²) in [5.74, 6) is -1.86. The Balaban J connectivity index is 1.56. The first-order chi connectivity index (χ1) is 16.8. The summed E-state index contributed by atoms with van der Waals surface area (Å²) >= 11 is 0. The van der Waals surface area contributed by atoms with Crippen LogP contribution in [0.15, 0.2) is 53.4 Å². The molecule has 0 aromatic heterocycles. The van der Waals surface area contributed by atoms with Gasteiger partial charge in [0.2, 0.25) is 5.91 Å². The van der Waals surface area contributed by atoms with Crippen molar-refractivity contribution in [1.82, 2.24) is 21.3 Å². The van der Waals surface area contributed by atoms with Gasteiger partial charge in [0.05, 0.1) is 29.1 Å². The lowest BCUT2D eigenvalue weighted by Gasteiger charge is -2.33. The number of sulfone groups is 1. The molecule has 1 fully saturated rings. The number of hydrogen-bond donors (Lipinski definition) is 4. The van der Waals surface area contributed by atoms with Crippen molar-refractivity contribution in [3.8, 4) is 0 Å². The van der Waals surface area contributed by atoms with E-state index in [-0.39, 0.29) is 16.0 Å². The maximum Gasteiger partial charge on any atom is 0.416 e. The number of piperidine rings is 1. The molecule has 1 saturated heterocycles. The second-order valence-corrected chi connectivity index (χ2v) is 10.3. The van der Waals surface area contributed by atoms with Gasteiger partial charge in [-0.05, 0) is 55.4 Å². The highest BCUT2D eigenvalue weighted by molar-refractivity contribution is 7.90. The molecular weight excluding hydrogens is 501 g/mol. The van der Waals surface area contributed by atoms with E-state index >= 15 is 0 Å². The van der Waals surface area contributed by atoms with Crippen molar-refractivity contribution >= 4 is 27.6 Å². The summed E-state index contributed by atoms with van der Waals surface area (Å²) in [5.41, 5.74) is -0.958. The number of halogens is 3. The van der Waals surface area contributed by atoms with E-state index in [4.69, 9.17) is 0 Å². The lowest BCUT2D eigenvalue weighted by molar-refractivity contribution is -0.137. The Morgan fingerprint density at radius 1 is 0.972 bits per heavy atom. The zero-order chi connectivity index (χ0) is 26.5. The third kappa shape index (κ3) is 7.28. The fourth-order valence-electron chi connectivity index (χ4n) is 3.65.